The lowest BCUT2D eigenvalue weighted by Gasteiger charge is -2.07. The molecule has 0 aliphatic heterocycles. The Morgan fingerprint density at radius 3 is 2.60 bits per heavy atom. The number of carbonyl (C=O) groups is 2. The maximum atomic E-state index is 11.7. The summed E-state index contributed by atoms with van der Waals surface area (Å²) in [5, 5.41) is 5.53. The van der Waals surface area contributed by atoms with E-state index in [2.05, 4.69) is 22.5 Å². The normalized spacial score (nSPS) is 10.2. The molecule has 0 spiro atoms. The Morgan fingerprint density at radius 2 is 1.95 bits per heavy atom. The highest BCUT2D eigenvalue weighted by molar-refractivity contribution is 6.34. The summed E-state index contributed by atoms with van der Waals surface area (Å²) in [6.45, 7) is 2.67. The molecule has 0 fully saturated rings. The highest BCUT2D eigenvalue weighted by Crippen LogP contribution is 2.21. The third-order valence-corrected chi connectivity index (χ3v) is 3.01. The van der Waals surface area contributed by atoms with Crippen LogP contribution in [0.3, 0.4) is 0 Å². The van der Waals surface area contributed by atoms with Gasteiger partial charge in [-0.2, -0.15) is 0 Å². The van der Waals surface area contributed by atoms with E-state index in [-0.39, 0.29) is 22.6 Å². The molecule has 2 amide bonds. The van der Waals surface area contributed by atoms with Crippen molar-refractivity contribution in [2.24, 2.45) is 0 Å². The molecule has 110 valence electrons. The number of nitrogens with one attached hydrogen (secondary N) is 2. The SMILES string of the molecule is CCCCCNC(=O)CC(=O)Nc1ccc(Cl)nc1Cl. The second-order valence-electron chi connectivity index (χ2n) is 4.25. The number of carbonyl (C=O) groups excluding carboxylic acids is 2. The van der Waals surface area contributed by atoms with Gasteiger partial charge in [-0.15, -0.1) is 0 Å². The highest BCUT2D eigenvalue weighted by atomic mass is 35.5. The van der Waals surface area contributed by atoms with E-state index in [1.807, 2.05) is 0 Å². The minimum atomic E-state index is -0.441. The molecular formula is C13H17Cl2N3O2. The van der Waals surface area contributed by atoms with Gasteiger partial charge in [0.15, 0.2) is 5.15 Å². The second-order valence-corrected chi connectivity index (χ2v) is 5.00. The van der Waals surface area contributed by atoms with Crippen molar-refractivity contribution in [2.45, 2.75) is 32.6 Å². The Hall–Kier alpha value is -1.33. The highest BCUT2D eigenvalue weighted by Gasteiger charge is 2.11. The molecule has 1 rings (SSSR count). The molecule has 0 unspecified atom stereocenters. The molecule has 0 atom stereocenters. The lowest BCUT2D eigenvalue weighted by Crippen LogP contribution is -2.28. The first-order valence-electron chi connectivity index (χ1n) is 6.41. The van der Waals surface area contributed by atoms with Gasteiger partial charge < -0.3 is 10.6 Å². The molecule has 0 bridgehead atoms. The van der Waals surface area contributed by atoms with Gasteiger partial charge in [0, 0.05) is 6.54 Å². The fraction of sp³-hybridized carbons (Fsp3) is 0.462. The first kappa shape index (κ1) is 16.7. The van der Waals surface area contributed by atoms with Crippen molar-refractivity contribution in [3.63, 3.8) is 0 Å². The minimum Gasteiger partial charge on any atom is -0.356 e. The number of anilines is 1. The number of halogens is 2. The maximum absolute atomic E-state index is 11.7. The molecule has 0 radical (unpaired) electrons. The van der Waals surface area contributed by atoms with E-state index >= 15 is 0 Å². The predicted molar refractivity (Wildman–Crippen MR) is 80.0 cm³/mol. The van der Waals surface area contributed by atoms with E-state index in [0.717, 1.165) is 19.3 Å². The van der Waals surface area contributed by atoms with Gasteiger partial charge in [0.1, 0.15) is 11.6 Å². The van der Waals surface area contributed by atoms with E-state index in [9.17, 15) is 9.59 Å². The zero-order chi connectivity index (χ0) is 15.0. The first-order chi connectivity index (χ1) is 9.52. The molecule has 0 aliphatic rings. The summed E-state index contributed by atoms with van der Waals surface area (Å²) in [5.74, 6) is -0.749. The number of unbranched alkanes of at least 4 members (excludes halogenated alkanes) is 2. The second kappa shape index (κ2) is 8.76. The van der Waals surface area contributed by atoms with Gasteiger partial charge in [-0.3, -0.25) is 9.59 Å². The average molecular weight is 318 g/mol. The monoisotopic (exact) mass is 317 g/mol. The zero-order valence-electron chi connectivity index (χ0n) is 11.2. The average Bonchev–Trinajstić information content (AvgIpc) is 2.38. The lowest BCUT2D eigenvalue weighted by atomic mass is 10.2. The van der Waals surface area contributed by atoms with E-state index in [4.69, 9.17) is 23.2 Å². The maximum Gasteiger partial charge on any atom is 0.233 e. The Labute approximate surface area is 128 Å². The quantitative estimate of drug-likeness (QED) is 0.461. The topological polar surface area (TPSA) is 71.1 Å². The third kappa shape index (κ3) is 6.21. The van der Waals surface area contributed by atoms with Crippen LogP contribution in [0.2, 0.25) is 10.3 Å². The summed E-state index contributed by atoms with van der Waals surface area (Å²) < 4.78 is 0. The zero-order valence-corrected chi connectivity index (χ0v) is 12.7. The van der Waals surface area contributed by atoms with Crippen LogP contribution in [-0.4, -0.2) is 23.3 Å². The van der Waals surface area contributed by atoms with Crippen LogP contribution < -0.4 is 10.6 Å². The van der Waals surface area contributed by atoms with Crippen molar-refractivity contribution in [3.05, 3.63) is 22.4 Å². The summed E-state index contributed by atoms with van der Waals surface area (Å²) in [6, 6.07) is 3.04. The summed E-state index contributed by atoms with van der Waals surface area (Å²) >= 11 is 11.5. The summed E-state index contributed by atoms with van der Waals surface area (Å²) in [7, 11) is 0. The molecule has 5 nitrogen and oxygen atoms in total. The standard InChI is InChI=1S/C13H17Cl2N3O2/c1-2-3-4-7-16-11(19)8-12(20)17-9-5-6-10(14)18-13(9)15/h5-6H,2-4,7-8H2,1H3,(H,16,19)(H,17,20). The van der Waals surface area contributed by atoms with Crippen LogP contribution in [-0.2, 0) is 9.59 Å². The molecule has 2 N–H and O–H groups in total. The Morgan fingerprint density at radius 1 is 1.20 bits per heavy atom. The largest absolute Gasteiger partial charge is 0.356 e. The minimum absolute atomic E-state index is 0.0919. The summed E-state index contributed by atoms with van der Waals surface area (Å²) in [5.41, 5.74) is 0.333. The first-order valence-corrected chi connectivity index (χ1v) is 7.17. The van der Waals surface area contributed by atoms with Gasteiger partial charge in [-0.25, -0.2) is 4.98 Å². The molecule has 0 saturated carbocycles. The van der Waals surface area contributed by atoms with Crippen LogP contribution >= 0.6 is 23.2 Å². The van der Waals surface area contributed by atoms with Gasteiger partial charge in [-0.1, -0.05) is 43.0 Å². The van der Waals surface area contributed by atoms with Gasteiger partial charge in [0.05, 0.1) is 5.69 Å². The van der Waals surface area contributed by atoms with Gasteiger partial charge in [0.2, 0.25) is 11.8 Å². The molecule has 1 aromatic rings. The fourth-order valence-electron chi connectivity index (χ4n) is 1.51. The molecule has 0 aliphatic carbocycles. The summed E-state index contributed by atoms with van der Waals surface area (Å²) in [6.07, 6.45) is 2.80. The summed E-state index contributed by atoms with van der Waals surface area (Å²) in [4.78, 5) is 27.0. The molecule has 20 heavy (non-hydrogen) atoms. The van der Waals surface area contributed by atoms with E-state index in [1.54, 1.807) is 0 Å². The number of nitrogens with zero attached hydrogens (tertiary/aromatic N) is 1. The van der Waals surface area contributed by atoms with Crippen LogP contribution in [0, 0.1) is 0 Å². The smallest absolute Gasteiger partial charge is 0.233 e. The van der Waals surface area contributed by atoms with Crippen molar-refractivity contribution in [1.82, 2.24) is 10.3 Å². The molecular weight excluding hydrogens is 301 g/mol. The van der Waals surface area contributed by atoms with Crippen molar-refractivity contribution in [3.8, 4) is 0 Å². The van der Waals surface area contributed by atoms with Crippen LogP contribution in [0.5, 0.6) is 0 Å². The Bertz CT molecular complexity index is 481. The number of rotatable bonds is 7. The molecule has 0 aromatic carbocycles. The molecule has 1 aromatic heterocycles. The van der Waals surface area contributed by atoms with Crippen molar-refractivity contribution >= 4 is 40.7 Å². The fourth-order valence-corrected chi connectivity index (χ4v) is 1.90. The van der Waals surface area contributed by atoms with Gasteiger partial charge in [-0.05, 0) is 18.6 Å². The van der Waals surface area contributed by atoms with E-state index < -0.39 is 5.91 Å². The number of aromatic nitrogens is 1. The van der Waals surface area contributed by atoms with Crippen LogP contribution in [0.1, 0.15) is 32.6 Å². The lowest BCUT2D eigenvalue weighted by molar-refractivity contribution is -0.126. The molecule has 0 saturated heterocycles. The number of hydrogen-bond donors (Lipinski definition) is 2. The van der Waals surface area contributed by atoms with Crippen molar-refractivity contribution in [1.29, 1.82) is 0 Å². The van der Waals surface area contributed by atoms with Crippen molar-refractivity contribution in [2.75, 3.05) is 11.9 Å². The van der Waals surface area contributed by atoms with Crippen LogP contribution in [0.15, 0.2) is 12.1 Å². The third-order valence-electron chi connectivity index (χ3n) is 2.51. The Balaban J connectivity index is 2.37. The molecule has 7 heteroatoms. The van der Waals surface area contributed by atoms with Crippen LogP contribution in [0.4, 0.5) is 5.69 Å². The number of amides is 2. The van der Waals surface area contributed by atoms with E-state index in [0.29, 0.717) is 12.2 Å². The van der Waals surface area contributed by atoms with Crippen LogP contribution in [0.25, 0.3) is 0 Å². The number of pyridine rings is 1. The predicted octanol–water partition coefficient (Wildman–Crippen LogP) is 3.02. The van der Waals surface area contributed by atoms with Gasteiger partial charge in [0.25, 0.3) is 0 Å². The Kier molecular flexibility index (Phi) is 7.33. The van der Waals surface area contributed by atoms with Gasteiger partial charge >= 0.3 is 0 Å². The number of hydrogen-bond acceptors (Lipinski definition) is 3. The van der Waals surface area contributed by atoms with Crippen molar-refractivity contribution < 1.29 is 9.59 Å². The van der Waals surface area contributed by atoms with E-state index in [1.165, 1.54) is 12.1 Å². The molecule has 1 heterocycles.